The van der Waals surface area contributed by atoms with Crippen LogP contribution < -0.4 is 0 Å². The minimum absolute atomic E-state index is 0.322. The van der Waals surface area contributed by atoms with Gasteiger partial charge in [-0.05, 0) is 6.08 Å². The Morgan fingerprint density at radius 1 is 1.44 bits per heavy atom. The quantitative estimate of drug-likeness (QED) is 0.490. The molecule has 0 saturated heterocycles. The summed E-state index contributed by atoms with van der Waals surface area (Å²) >= 11 is 14.9. The van der Waals surface area contributed by atoms with Crippen LogP contribution in [0.2, 0.25) is 0 Å². The highest BCUT2D eigenvalue weighted by atomic mass is 35.5. The maximum atomic E-state index is 5.55. The van der Waals surface area contributed by atoms with Crippen molar-refractivity contribution >= 4 is 35.8 Å². The Hall–Kier alpha value is 0.150. The van der Waals surface area contributed by atoms with Gasteiger partial charge in [-0.15, -0.1) is 12.6 Å². The molecule has 0 unspecified atom stereocenters. The van der Waals surface area contributed by atoms with E-state index in [1.54, 1.807) is 0 Å². The van der Waals surface area contributed by atoms with Gasteiger partial charge < -0.3 is 0 Å². The normalized spacial score (nSPS) is 12.3. The predicted octanol–water partition coefficient (Wildman–Crippen LogP) is 3.31. The van der Waals surface area contributed by atoms with Gasteiger partial charge in [0, 0.05) is 9.94 Å². The fraction of sp³-hybridized carbons (Fsp3) is 0. The number of allylic oxidation sites excluding steroid dienone is 3. The maximum Gasteiger partial charge on any atom is 0.0548 e. The lowest BCUT2D eigenvalue weighted by molar-refractivity contribution is 1.81. The van der Waals surface area contributed by atoms with E-state index in [1.165, 1.54) is 6.08 Å². The molecule has 0 aliphatic carbocycles. The topological polar surface area (TPSA) is 0 Å². The van der Waals surface area contributed by atoms with E-state index in [1.807, 2.05) is 0 Å². The van der Waals surface area contributed by atoms with Crippen LogP contribution in [0.3, 0.4) is 0 Å². The Bertz CT molecular complexity index is 170. The Morgan fingerprint density at radius 2 is 1.89 bits per heavy atom. The molecule has 0 N–H and O–H groups in total. The van der Waals surface area contributed by atoms with E-state index in [2.05, 4.69) is 25.8 Å². The molecule has 0 aromatic rings. The molecular formula is C6H6Cl2S. The van der Waals surface area contributed by atoms with Gasteiger partial charge in [-0.2, -0.15) is 0 Å². The zero-order valence-corrected chi connectivity index (χ0v) is 7.10. The van der Waals surface area contributed by atoms with Crippen LogP contribution in [0, 0.1) is 0 Å². The molecule has 0 atom stereocenters. The van der Waals surface area contributed by atoms with E-state index in [-0.39, 0.29) is 0 Å². The molecule has 0 bridgehead atoms. The molecule has 50 valence electrons. The van der Waals surface area contributed by atoms with Crippen LogP contribution in [0.15, 0.2) is 34.2 Å². The molecule has 0 radical (unpaired) electrons. The van der Waals surface area contributed by atoms with Gasteiger partial charge in [0.25, 0.3) is 0 Å². The van der Waals surface area contributed by atoms with Gasteiger partial charge in [-0.25, -0.2) is 0 Å². The molecule has 0 heterocycles. The second-order valence-corrected chi connectivity index (χ2v) is 2.62. The van der Waals surface area contributed by atoms with Gasteiger partial charge in [0.1, 0.15) is 0 Å². The summed E-state index contributed by atoms with van der Waals surface area (Å²) in [6.45, 7) is 6.85. The Kier molecular flexibility index (Phi) is 4.11. The molecule has 3 heteroatoms. The number of hydrogen-bond donors (Lipinski definition) is 1. The van der Waals surface area contributed by atoms with Gasteiger partial charge in [-0.1, -0.05) is 36.4 Å². The molecule has 0 aromatic carbocycles. The monoisotopic (exact) mass is 180 g/mol. The summed E-state index contributed by atoms with van der Waals surface area (Å²) in [6.07, 6.45) is 1.46. The third-order valence-corrected chi connectivity index (χ3v) is 1.97. The lowest BCUT2D eigenvalue weighted by atomic mass is 10.4. The minimum Gasteiger partial charge on any atom is -0.140 e. The lowest BCUT2D eigenvalue weighted by Crippen LogP contribution is -1.71. The molecule has 0 rings (SSSR count). The first-order chi connectivity index (χ1) is 4.09. The molecule has 0 spiro atoms. The molecule has 0 amide bonds. The van der Waals surface area contributed by atoms with Crippen molar-refractivity contribution in [1.29, 1.82) is 0 Å². The second-order valence-electron chi connectivity index (χ2n) is 1.31. The summed E-state index contributed by atoms with van der Waals surface area (Å²) in [4.78, 5) is 0.466. The van der Waals surface area contributed by atoms with Crippen molar-refractivity contribution in [2.45, 2.75) is 0 Å². The van der Waals surface area contributed by atoms with Crippen LogP contribution in [-0.4, -0.2) is 0 Å². The predicted molar refractivity (Wildman–Crippen MR) is 47.1 cm³/mol. The van der Waals surface area contributed by atoms with E-state index < -0.39 is 0 Å². The van der Waals surface area contributed by atoms with Crippen LogP contribution in [0.1, 0.15) is 0 Å². The standard InChI is InChI=1S/C6H6Cl2S/c1-3-5(8)6(9)4(2)7/h3,9H,1-2H2/b6-5-. The van der Waals surface area contributed by atoms with E-state index in [0.29, 0.717) is 15.0 Å². The summed E-state index contributed by atoms with van der Waals surface area (Å²) in [5.74, 6) is 0. The summed E-state index contributed by atoms with van der Waals surface area (Å²) < 4.78 is 0. The first-order valence-electron chi connectivity index (χ1n) is 2.15. The molecule has 9 heavy (non-hydrogen) atoms. The van der Waals surface area contributed by atoms with Crippen molar-refractivity contribution in [2.24, 2.45) is 0 Å². The van der Waals surface area contributed by atoms with Crippen molar-refractivity contribution in [3.05, 3.63) is 34.2 Å². The molecule has 0 nitrogen and oxygen atoms in total. The van der Waals surface area contributed by atoms with E-state index in [4.69, 9.17) is 23.2 Å². The molecule has 0 aromatic heterocycles. The molecule has 0 aliphatic heterocycles. The van der Waals surface area contributed by atoms with E-state index in [9.17, 15) is 0 Å². The van der Waals surface area contributed by atoms with Gasteiger partial charge >= 0.3 is 0 Å². The minimum atomic E-state index is 0.322. The highest BCUT2D eigenvalue weighted by Crippen LogP contribution is 2.23. The van der Waals surface area contributed by atoms with E-state index in [0.717, 1.165) is 0 Å². The van der Waals surface area contributed by atoms with Gasteiger partial charge in [0.15, 0.2) is 0 Å². The number of halogens is 2. The van der Waals surface area contributed by atoms with Crippen molar-refractivity contribution < 1.29 is 0 Å². The van der Waals surface area contributed by atoms with Gasteiger partial charge in [0.2, 0.25) is 0 Å². The largest absolute Gasteiger partial charge is 0.140 e. The Labute approximate surface area is 70.3 Å². The Morgan fingerprint density at radius 3 is 2.00 bits per heavy atom. The summed E-state index contributed by atoms with van der Waals surface area (Å²) in [6, 6.07) is 0. The van der Waals surface area contributed by atoms with Crippen molar-refractivity contribution in [2.75, 3.05) is 0 Å². The maximum absolute atomic E-state index is 5.55. The number of rotatable bonds is 2. The highest BCUT2D eigenvalue weighted by Gasteiger charge is 1.96. The SMILES string of the molecule is C=C/C(Cl)=C(/S)C(=C)Cl. The third kappa shape index (κ3) is 2.99. The van der Waals surface area contributed by atoms with Crippen LogP contribution in [0.25, 0.3) is 0 Å². The van der Waals surface area contributed by atoms with Crippen LogP contribution >= 0.6 is 35.8 Å². The van der Waals surface area contributed by atoms with Crippen molar-refractivity contribution in [1.82, 2.24) is 0 Å². The third-order valence-electron chi connectivity index (χ3n) is 0.662. The summed E-state index contributed by atoms with van der Waals surface area (Å²) in [5, 5.41) is 0.738. The van der Waals surface area contributed by atoms with Gasteiger partial charge in [0.05, 0.1) is 5.03 Å². The highest BCUT2D eigenvalue weighted by molar-refractivity contribution is 7.85. The fourth-order valence-electron chi connectivity index (χ4n) is 0.226. The van der Waals surface area contributed by atoms with Crippen LogP contribution in [0.5, 0.6) is 0 Å². The van der Waals surface area contributed by atoms with Crippen LogP contribution in [-0.2, 0) is 0 Å². The smallest absolute Gasteiger partial charge is 0.0548 e. The van der Waals surface area contributed by atoms with Gasteiger partial charge in [-0.3, -0.25) is 0 Å². The molecule has 0 aliphatic rings. The molecule has 0 saturated carbocycles. The molecule has 0 fully saturated rings. The number of hydrogen-bond acceptors (Lipinski definition) is 1. The summed E-state index contributed by atoms with van der Waals surface area (Å²) in [5.41, 5.74) is 0. The Balaban J connectivity index is 4.47. The molecular weight excluding hydrogens is 175 g/mol. The number of thiol groups is 1. The lowest BCUT2D eigenvalue weighted by Gasteiger charge is -1.94. The van der Waals surface area contributed by atoms with Crippen molar-refractivity contribution in [3.8, 4) is 0 Å². The summed E-state index contributed by atoms with van der Waals surface area (Å²) in [7, 11) is 0. The van der Waals surface area contributed by atoms with Crippen LogP contribution in [0.4, 0.5) is 0 Å². The second kappa shape index (κ2) is 4.04. The first kappa shape index (κ1) is 9.15. The van der Waals surface area contributed by atoms with Crippen molar-refractivity contribution in [3.63, 3.8) is 0 Å². The first-order valence-corrected chi connectivity index (χ1v) is 3.36. The average molecular weight is 181 g/mol. The fourth-order valence-corrected chi connectivity index (χ4v) is 0.582. The average Bonchev–Trinajstić information content (AvgIpc) is 1.84. The zero-order valence-electron chi connectivity index (χ0n) is 4.69. The van der Waals surface area contributed by atoms with E-state index >= 15 is 0 Å². The zero-order chi connectivity index (χ0) is 7.44.